The fourth-order valence-corrected chi connectivity index (χ4v) is 2.33. The van der Waals surface area contributed by atoms with Crippen LogP contribution in [0.2, 0.25) is 0 Å². The average Bonchev–Trinajstić information content (AvgIpc) is 2.83. The number of benzene rings is 1. The second-order valence-corrected chi connectivity index (χ2v) is 5.98. The predicted octanol–water partition coefficient (Wildman–Crippen LogP) is 2.74. The van der Waals surface area contributed by atoms with Crippen molar-refractivity contribution in [2.75, 3.05) is 6.54 Å². The lowest BCUT2D eigenvalue weighted by Gasteiger charge is -2.29. The fourth-order valence-electron chi connectivity index (χ4n) is 2.33. The first-order valence-corrected chi connectivity index (χ1v) is 7.06. The number of aromatic amines is 1. The van der Waals surface area contributed by atoms with Gasteiger partial charge < -0.3 is 15.0 Å². The molecule has 0 radical (unpaired) electrons. The van der Waals surface area contributed by atoms with E-state index in [-0.39, 0.29) is 12.5 Å². The Kier molecular flexibility index (Phi) is 4.48. The summed E-state index contributed by atoms with van der Waals surface area (Å²) in [7, 11) is 0. The van der Waals surface area contributed by atoms with E-state index in [1.807, 2.05) is 37.3 Å². The lowest BCUT2D eigenvalue weighted by atomic mass is 10.1. The standard InChI is InChI=1S/C17H22N2O2/c1-13-15(9-10-18-13)16(20)19(12-17(2,3)21)11-14-7-5-4-6-8-14/h4-10,18,21H,11-12H2,1-3H3. The maximum atomic E-state index is 12.7. The van der Waals surface area contributed by atoms with Gasteiger partial charge in [0.25, 0.3) is 5.91 Å². The summed E-state index contributed by atoms with van der Waals surface area (Å²) in [6.45, 7) is 6.06. The highest BCUT2D eigenvalue weighted by atomic mass is 16.3. The van der Waals surface area contributed by atoms with Crippen LogP contribution in [0, 0.1) is 6.92 Å². The van der Waals surface area contributed by atoms with Crippen LogP contribution in [-0.4, -0.2) is 33.0 Å². The highest BCUT2D eigenvalue weighted by Gasteiger charge is 2.24. The topological polar surface area (TPSA) is 56.3 Å². The van der Waals surface area contributed by atoms with E-state index < -0.39 is 5.60 Å². The molecule has 2 rings (SSSR count). The molecule has 1 heterocycles. The molecule has 0 fully saturated rings. The van der Waals surface area contributed by atoms with E-state index in [0.717, 1.165) is 11.3 Å². The lowest BCUT2D eigenvalue weighted by Crippen LogP contribution is -2.41. The second kappa shape index (κ2) is 6.14. The van der Waals surface area contributed by atoms with Crippen molar-refractivity contribution in [1.82, 2.24) is 9.88 Å². The Morgan fingerprint density at radius 1 is 1.24 bits per heavy atom. The Bertz CT molecular complexity index is 597. The van der Waals surface area contributed by atoms with Crippen LogP contribution >= 0.6 is 0 Å². The largest absolute Gasteiger partial charge is 0.389 e. The molecule has 2 N–H and O–H groups in total. The molecule has 0 unspecified atom stereocenters. The molecular weight excluding hydrogens is 264 g/mol. The minimum Gasteiger partial charge on any atom is -0.389 e. The van der Waals surface area contributed by atoms with Gasteiger partial charge in [-0.2, -0.15) is 0 Å². The molecule has 0 saturated carbocycles. The van der Waals surface area contributed by atoms with E-state index in [4.69, 9.17) is 0 Å². The van der Waals surface area contributed by atoms with Crippen molar-refractivity contribution in [1.29, 1.82) is 0 Å². The van der Waals surface area contributed by atoms with Gasteiger partial charge in [-0.15, -0.1) is 0 Å². The molecule has 0 aliphatic carbocycles. The summed E-state index contributed by atoms with van der Waals surface area (Å²) in [5, 5.41) is 10.1. The molecule has 0 aliphatic heterocycles. The van der Waals surface area contributed by atoms with Gasteiger partial charge in [-0.25, -0.2) is 0 Å². The summed E-state index contributed by atoms with van der Waals surface area (Å²) in [6.07, 6.45) is 1.76. The second-order valence-electron chi connectivity index (χ2n) is 5.98. The zero-order chi connectivity index (χ0) is 15.5. The minimum absolute atomic E-state index is 0.0697. The van der Waals surface area contributed by atoms with Gasteiger partial charge >= 0.3 is 0 Å². The third-order valence-corrected chi connectivity index (χ3v) is 3.27. The first kappa shape index (κ1) is 15.3. The van der Waals surface area contributed by atoms with Crippen LogP contribution in [0.25, 0.3) is 0 Å². The van der Waals surface area contributed by atoms with Crippen molar-refractivity contribution in [3.05, 3.63) is 59.4 Å². The monoisotopic (exact) mass is 286 g/mol. The van der Waals surface area contributed by atoms with Crippen LogP contribution in [-0.2, 0) is 6.54 Å². The van der Waals surface area contributed by atoms with Crippen LogP contribution < -0.4 is 0 Å². The van der Waals surface area contributed by atoms with Crippen molar-refractivity contribution in [3.63, 3.8) is 0 Å². The summed E-state index contributed by atoms with van der Waals surface area (Å²) in [4.78, 5) is 17.4. The van der Waals surface area contributed by atoms with Gasteiger partial charge in [-0.3, -0.25) is 4.79 Å². The number of nitrogens with zero attached hydrogens (tertiary/aromatic N) is 1. The first-order chi connectivity index (χ1) is 9.87. The molecular formula is C17H22N2O2. The summed E-state index contributed by atoms with van der Waals surface area (Å²) < 4.78 is 0. The van der Waals surface area contributed by atoms with Gasteiger partial charge in [0, 0.05) is 25.0 Å². The number of rotatable bonds is 5. The number of H-pyrrole nitrogens is 1. The Labute approximate surface area is 125 Å². The van der Waals surface area contributed by atoms with Crippen molar-refractivity contribution in [3.8, 4) is 0 Å². The third kappa shape index (κ3) is 4.20. The summed E-state index contributed by atoms with van der Waals surface area (Å²) in [5.41, 5.74) is 1.60. The average molecular weight is 286 g/mol. The zero-order valence-corrected chi connectivity index (χ0v) is 12.8. The van der Waals surface area contributed by atoms with Crippen molar-refractivity contribution in [2.24, 2.45) is 0 Å². The number of hydrogen-bond donors (Lipinski definition) is 2. The molecule has 0 bridgehead atoms. The predicted molar refractivity (Wildman–Crippen MR) is 83.0 cm³/mol. The number of hydrogen-bond acceptors (Lipinski definition) is 2. The number of amides is 1. The maximum Gasteiger partial charge on any atom is 0.256 e. The van der Waals surface area contributed by atoms with E-state index in [9.17, 15) is 9.90 Å². The van der Waals surface area contributed by atoms with Gasteiger partial charge in [0.1, 0.15) is 0 Å². The molecule has 1 aromatic heterocycles. The molecule has 0 atom stereocenters. The van der Waals surface area contributed by atoms with Crippen molar-refractivity contribution in [2.45, 2.75) is 32.9 Å². The van der Waals surface area contributed by atoms with Gasteiger partial charge in [0.05, 0.1) is 11.2 Å². The van der Waals surface area contributed by atoms with Crippen molar-refractivity contribution < 1.29 is 9.90 Å². The highest BCUT2D eigenvalue weighted by molar-refractivity contribution is 5.95. The molecule has 1 amide bonds. The van der Waals surface area contributed by atoms with Gasteiger partial charge in [0.15, 0.2) is 0 Å². The van der Waals surface area contributed by atoms with E-state index >= 15 is 0 Å². The normalized spacial score (nSPS) is 11.4. The van der Waals surface area contributed by atoms with Crippen LogP contribution in [0.4, 0.5) is 0 Å². The summed E-state index contributed by atoms with van der Waals surface area (Å²) in [6, 6.07) is 11.6. The van der Waals surface area contributed by atoms with Crippen LogP contribution in [0.3, 0.4) is 0 Å². The van der Waals surface area contributed by atoms with E-state index in [1.54, 1.807) is 31.0 Å². The third-order valence-electron chi connectivity index (χ3n) is 3.27. The summed E-state index contributed by atoms with van der Waals surface area (Å²) >= 11 is 0. The molecule has 0 spiro atoms. The van der Waals surface area contributed by atoms with E-state index in [2.05, 4.69) is 4.98 Å². The fraction of sp³-hybridized carbons (Fsp3) is 0.353. The smallest absolute Gasteiger partial charge is 0.256 e. The first-order valence-electron chi connectivity index (χ1n) is 7.06. The van der Waals surface area contributed by atoms with Crippen LogP contribution in [0.15, 0.2) is 42.6 Å². The van der Waals surface area contributed by atoms with E-state index in [0.29, 0.717) is 12.1 Å². The number of carbonyl (C=O) groups is 1. The highest BCUT2D eigenvalue weighted by Crippen LogP contribution is 2.16. The van der Waals surface area contributed by atoms with Gasteiger partial charge in [-0.1, -0.05) is 30.3 Å². The van der Waals surface area contributed by atoms with Crippen LogP contribution in [0.5, 0.6) is 0 Å². The molecule has 0 saturated heterocycles. The molecule has 1 aromatic carbocycles. The number of aryl methyl sites for hydroxylation is 1. The SMILES string of the molecule is Cc1[nH]ccc1C(=O)N(Cc1ccccc1)CC(C)(C)O. The van der Waals surface area contributed by atoms with Gasteiger partial charge in [-0.05, 0) is 32.4 Å². The molecule has 0 aliphatic rings. The zero-order valence-electron chi connectivity index (χ0n) is 12.8. The van der Waals surface area contributed by atoms with Crippen LogP contribution in [0.1, 0.15) is 35.5 Å². The Morgan fingerprint density at radius 2 is 1.90 bits per heavy atom. The quantitative estimate of drug-likeness (QED) is 0.888. The maximum absolute atomic E-state index is 12.7. The van der Waals surface area contributed by atoms with E-state index in [1.165, 1.54) is 0 Å². The molecule has 21 heavy (non-hydrogen) atoms. The van der Waals surface area contributed by atoms with Crippen molar-refractivity contribution >= 4 is 5.91 Å². The Hall–Kier alpha value is -2.07. The molecule has 112 valence electrons. The minimum atomic E-state index is -0.936. The molecule has 4 heteroatoms. The Morgan fingerprint density at radius 3 is 2.43 bits per heavy atom. The number of aliphatic hydroxyl groups is 1. The molecule has 2 aromatic rings. The molecule has 4 nitrogen and oxygen atoms in total. The summed E-state index contributed by atoms with van der Waals surface area (Å²) in [5.74, 6) is -0.0697. The number of nitrogens with one attached hydrogen (secondary N) is 1. The lowest BCUT2D eigenvalue weighted by molar-refractivity contribution is 0.0280. The van der Waals surface area contributed by atoms with Gasteiger partial charge in [0.2, 0.25) is 0 Å². The Balaban J connectivity index is 2.24. The number of aromatic nitrogens is 1. The number of carbonyl (C=O) groups excluding carboxylic acids is 1.